The molecule has 1 aromatic carbocycles. The summed E-state index contributed by atoms with van der Waals surface area (Å²) in [4.78, 5) is 38.7. The van der Waals surface area contributed by atoms with Crippen molar-refractivity contribution < 1.29 is 27.9 Å². The maximum absolute atomic E-state index is 14.0. The van der Waals surface area contributed by atoms with Crippen LogP contribution in [0.25, 0.3) is 0 Å². The zero-order valence-electron chi connectivity index (χ0n) is 16.6. The fourth-order valence-electron chi connectivity index (χ4n) is 4.03. The number of pyridine rings is 1. The number of rotatable bonds is 3. The molecule has 4 rings (SSSR count). The molecule has 2 N–H and O–H groups in total. The van der Waals surface area contributed by atoms with Crippen molar-refractivity contribution in [1.29, 1.82) is 0 Å². The van der Waals surface area contributed by atoms with Gasteiger partial charge in [0.15, 0.2) is 11.4 Å². The van der Waals surface area contributed by atoms with Crippen molar-refractivity contribution in [2.75, 3.05) is 13.1 Å². The van der Waals surface area contributed by atoms with Crippen molar-refractivity contribution in [3.05, 3.63) is 62.8 Å². The first-order valence-electron chi connectivity index (χ1n) is 9.76. The molecule has 0 radical (unpaired) electrons. The third-order valence-electron chi connectivity index (χ3n) is 5.68. The molecular weight excluding hydrogens is 415 g/mol. The highest BCUT2D eigenvalue weighted by Gasteiger charge is 2.44. The highest BCUT2D eigenvalue weighted by molar-refractivity contribution is 5.99. The van der Waals surface area contributed by atoms with Crippen LogP contribution in [0.2, 0.25) is 0 Å². The van der Waals surface area contributed by atoms with Crippen molar-refractivity contribution in [3.8, 4) is 5.75 Å². The molecule has 0 spiro atoms. The van der Waals surface area contributed by atoms with Gasteiger partial charge < -0.3 is 19.9 Å². The molecule has 2 bridgehead atoms. The predicted octanol–water partition coefficient (Wildman–Crippen LogP) is 2.36. The van der Waals surface area contributed by atoms with Gasteiger partial charge in [-0.3, -0.25) is 14.4 Å². The Kier molecular flexibility index (Phi) is 5.03. The molecule has 2 aliphatic heterocycles. The first kappa shape index (κ1) is 21.0. The van der Waals surface area contributed by atoms with Gasteiger partial charge in [-0.1, -0.05) is 12.1 Å². The number of aromatic hydroxyl groups is 1. The summed E-state index contributed by atoms with van der Waals surface area (Å²) in [6.45, 7) is 0.711. The van der Waals surface area contributed by atoms with E-state index in [2.05, 4.69) is 5.32 Å². The zero-order chi connectivity index (χ0) is 22.5. The minimum Gasteiger partial charge on any atom is -0.503 e. The number of hydrogen-bond donors (Lipinski definition) is 2. The number of nitrogens with one attached hydrogen (secondary N) is 1. The number of alkyl halides is 2. The molecule has 2 amide bonds. The fraction of sp³-hybridized carbons (Fsp3) is 0.381. The molecule has 3 heterocycles. The number of aromatic nitrogens is 1. The van der Waals surface area contributed by atoms with Gasteiger partial charge in [0.2, 0.25) is 5.43 Å². The summed E-state index contributed by atoms with van der Waals surface area (Å²) in [5.41, 5.74) is -1.03. The van der Waals surface area contributed by atoms with E-state index < -0.39 is 65.0 Å². The van der Waals surface area contributed by atoms with Crippen LogP contribution in [-0.2, 0) is 6.54 Å². The van der Waals surface area contributed by atoms with Gasteiger partial charge in [-0.2, -0.15) is 0 Å². The van der Waals surface area contributed by atoms with Crippen LogP contribution >= 0.6 is 0 Å². The molecule has 0 saturated carbocycles. The highest BCUT2D eigenvalue weighted by Crippen LogP contribution is 2.36. The van der Waals surface area contributed by atoms with Crippen LogP contribution in [0, 0.1) is 12.7 Å². The molecule has 10 heteroatoms. The Labute approximate surface area is 175 Å². The Morgan fingerprint density at radius 1 is 1.32 bits per heavy atom. The lowest BCUT2D eigenvalue weighted by Gasteiger charge is -2.34. The van der Waals surface area contributed by atoms with Crippen molar-refractivity contribution in [2.45, 2.75) is 38.3 Å². The first-order chi connectivity index (χ1) is 14.6. The zero-order valence-corrected chi connectivity index (χ0v) is 16.6. The van der Waals surface area contributed by atoms with E-state index in [0.29, 0.717) is 5.56 Å². The van der Waals surface area contributed by atoms with E-state index in [4.69, 9.17) is 0 Å². The lowest BCUT2D eigenvalue weighted by molar-refractivity contribution is -0.0258. The van der Waals surface area contributed by atoms with Crippen LogP contribution in [0.1, 0.15) is 50.9 Å². The normalized spacial score (nSPS) is 19.5. The van der Waals surface area contributed by atoms with Crippen LogP contribution in [0.3, 0.4) is 0 Å². The lowest BCUT2D eigenvalue weighted by atomic mass is 10.1. The van der Waals surface area contributed by atoms with Crippen LogP contribution in [0.15, 0.2) is 29.2 Å². The average molecular weight is 435 g/mol. The van der Waals surface area contributed by atoms with Gasteiger partial charge in [0.1, 0.15) is 11.4 Å². The first-order valence-corrected chi connectivity index (χ1v) is 9.76. The van der Waals surface area contributed by atoms with E-state index in [1.54, 1.807) is 13.0 Å². The molecule has 1 atom stereocenters. The highest BCUT2D eigenvalue weighted by atomic mass is 19.3. The second kappa shape index (κ2) is 7.44. The third kappa shape index (κ3) is 3.77. The summed E-state index contributed by atoms with van der Waals surface area (Å²) >= 11 is 0. The second-order valence-corrected chi connectivity index (χ2v) is 7.99. The van der Waals surface area contributed by atoms with E-state index >= 15 is 0 Å². The Hall–Kier alpha value is -3.30. The minimum absolute atomic E-state index is 0.00171. The molecule has 1 fully saturated rings. The Morgan fingerprint density at radius 2 is 2.06 bits per heavy atom. The van der Waals surface area contributed by atoms with Crippen LogP contribution in [0.4, 0.5) is 13.2 Å². The van der Waals surface area contributed by atoms with Gasteiger partial charge in [0, 0.05) is 31.3 Å². The van der Waals surface area contributed by atoms with Crippen molar-refractivity contribution in [1.82, 2.24) is 14.8 Å². The maximum Gasteiger partial charge on any atom is 0.274 e. The summed E-state index contributed by atoms with van der Waals surface area (Å²) in [7, 11) is 0. The minimum atomic E-state index is -3.08. The standard InChI is InChI=1S/C21H20F3N3O4/c1-11-2-3-12(15(22)6-11)7-25-19(30)14-9-27-13-4-5-21(23,24)10-26(8-13)20(31)16(27)18(29)17(14)28/h2-3,6,9,13,29H,4-5,7-8,10H2,1H3,(H,25,30). The monoisotopic (exact) mass is 435 g/mol. The number of fused-ring (bicyclic) bond motifs is 4. The van der Waals surface area contributed by atoms with E-state index in [9.17, 15) is 32.7 Å². The smallest absolute Gasteiger partial charge is 0.274 e. The summed E-state index contributed by atoms with van der Waals surface area (Å²) in [6.07, 6.45) is 0.644. The van der Waals surface area contributed by atoms with Crippen LogP contribution in [0.5, 0.6) is 5.75 Å². The topological polar surface area (TPSA) is 91.6 Å². The largest absolute Gasteiger partial charge is 0.503 e. The molecule has 2 aromatic rings. The van der Waals surface area contributed by atoms with E-state index in [-0.39, 0.29) is 25.1 Å². The number of halogens is 3. The number of benzene rings is 1. The maximum atomic E-state index is 14.0. The van der Waals surface area contributed by atoms with Crippen molar-refractivity contribution in [3.63, 3.8) is 0 Å². The fourth-order valence-corrected chi connectivity index (χ4v) is 4.03. The van der Waals surface area contributed by atoms with Crippen LogP contribution in [-0.4, -0.2) is 45.4 Å². The molecule has 1 aromatic heterocycles. The number of nitrogens with zero attached hydrogens (tertiary/aromatic N) is 2. The van der Waals surface area contributed by atoms with Gasteiger partial charge in [0.25, 0.3) is 17.7 Å². The van der Waals surface area contributed by atoms with E-state index in [1.165, 1.54) is 16.7 Å². The van der Waals surface area contributed by atoms with Gasteiger partial charge in [-0.25, -0.2) is 13.2 Å². The van der Waals surface area contributed by atoms with Gasteiger partial charge >= 0.3 is 0 Å². The predicted molar refractivity (Wildman–Crippen MR) is 104 cm³/mol. The molecule has 1 saturated heterocycles. The summed E-state index contributed by atoms with van der Waals surface area (Å²) in [5, 5.41) is 12.8. The third-order valence-corrected chi connectivity index (χ3v) is 5.68. The van der Waals surface area contributed by atoms with E-state index in [1.807, 2.05) is 0 Å². The number of aryl methyl sites for hydroxylation is 1. The SMILES string of the molecule is Cc1ccc(CNC(=O)c2cn3c(c(O)c2=O)C(=O)N2CC3CCC(F)(F)C2)c(F)c1. The number of carbonyl (C=O) groups is 2. The van der Waals surface area contributed by atoms with Gasteiger partial charge in [-0.05, 0) is 25.0 Å². The Bertz CT molecular complexity index is 1150. The van der Waals surface area contributed by atoms with Crippen LogP contribution < -0.4 is 10.7 Å². The van der Waals surface area contributed by atoms with Crippen molar-refractivity contribution in [2.24, 2.45) is 0 Å². The molecule has 0 aliphatic carbocycles. The molecule has 7 nitrogen and oxygen atoms in total. The quantitative estimate of drug-likeness (QED) is 0.775. The lowest BCUT2D eigenvalue weighted by Crippen LogP contribution is -2.46. The molecule has 2 aliphatic rings. The molecule has 164 valence electrons. The summed E-state index contributed by atoms with van der Waals surface area (Å²) < 4.78 is 43.2. The van der Waals surface area contributed by atoms with Gasteiger partial charge in [-0.15, -0.1) is 0 Å². The Morgan fingerprint density at radius 3 is 2.77 bits per heavy atom. The second-order valence-electron chi connectivity index (χ2n) is 7.99. The van der Waals surface area contributed by atoms with E-state index in [0.717, 1.165) is 11.1 Å². The molecular formula is C21H20F3N3O4. The number of hydrogen-bond acceptors (Lipinski definition) is 4. The summed E-state index contributed by atoms with van der Waals surface area (Å²) in [5.74, 6) is -6.32. The summed E-state index contributed by atoms with van der Waals surface area (Å²) in [6, 6.07) is 3.86. The van der Waals surface area contributed by atoms with Crippen molar-refractivity contribution >= 4 is 11.8 Å². The molecule has 1 unspecified atom stereocenters. The van der Waals surface area contributed by atoms with Gasteiger partial charge in [0.05, 0.1) is 12.6 Å². The number of amides is 2. The number of carbonyl (C=O) groups excluding carboxylic acids is 2. The molecule has 31 heavy (non-hydrogen) atoms. The average Bonchev–Trinajstić information content (AvgIpc) is 2.84. The Balaban J connectivity index is 1.66.